The number of ether oxygens (including phenoxy) is 1. The van der Waals surface area contributed by atoms with Gasteiger partial charge in [-0.25, -0.2) is 4.79 Å². The number of amides is 2. The summed E-state index contributed by atoms with van der Waals surface area (Å²) in [6.07, 6.45) is 9.36. The van der Waals surface area contributed by atoms with Gasteiger partial charge >= 0.3 is 6.09 Å². The van der Waals surface area contributed by atoms with E-state index >= 15 is 0 Å². The van der Waals surface area contributed by atoms with Crippen LogP contribution in [-0.2, 0) is 28.8 Å². The molecule has 2 amide bonds. The van der Waals surface area contributed by atoms with E-state index in [1.165, 1.54) is 17.7 Å². The van der Waals surface area contributed by atoms with E-state index in [4.69, 9.17) is 4.74 Å². The molecule has 3 heterocycles. The third-order valence-corrected chi connectivity index (χ3v) is 9.95. The molecule has 11 heteroatoms. The van der Waals surface area contributed by atoms with Crippen LogP contribution in [0.3, 0.4) is 0 Å². The molecular formula is C30H42N6O4S. The summed E-state index contributed by atoms with van der Waals surface area (Å²) >= 11 is 1.66. The van der Waals surface area contributed by atoms with Gasteiger partial charge in [0.15, 0.2) is 0 Å². The number of ketones is 1. The second-order valence-electron chi connectivity index (χ2n) is 13.7. The highest BCUT2D eigenvalue weighted by molar-refractivity contribution is 7.12. The van der Waals surface area contributed by atoms with Gasteiger partial charge in [0.25, 0.3) is 5.91 Å². The largest absolute Gasteiger partial charge is 0.444 e. The fourth-order valence-electron chi connectivity index (χ4n) is 6.02. The highest BCUT2D eigenvalue weighted by atomic mass is 32.1. The summed E-state index contributed by atoms with van der Waals surface area (Å²) in [6, 6.07) is 0.0866. The first kappa shape index (κ1) is 28.2. The molecule has 4 aliphatic rings. The second-order valence-corrected chi connectivity index (χ2v) is 14.9. The first-order valence-electron chi connectivity index (χ1n) is 15.1. The van der Waals surface area contributed by atoms with Crippen molar-refractivity contribution in [2.24, 2.45) is 11.8 Å². The van der Waals surface area contributed by atoms with Crippen molar-refractivity contribution in [2.75, 3.05) is 25.0 Å². The quantitative estimate of drug-likeness (QED) is 0.446. The Bertz CT molecular complexity index is 1340. The van der Waals surface area contributed by atoms with Crippen LogP contribution in [0.25, 0.3) is 0 Å². The van der Waals surface area contributed by atoms with Gasteiger partial charge < -0.3 is 20.3 Å². The number of hydrogen-bond donors (Lipinski definition) is 2. The van der Waals surface area contributed by atoms with E-state index in [0.717, 1.165) is 48.1 Å². The van der Waals surface area contributed by atoms with Crippen LogP contribution in [-0.4, -0.2) is 68.2 Å². The number of nitrogens with zero attached hydrogens (tertiary/aromatic N) is 4. The molecule has 1 saturated heterocycles. The maximum atomic E-state index is 13.5. The SMILES string of the molecule is CC1(Nc2nncn2[C@H]2CCc3sc(CC(=O)C4CC4)c(C(=O)NCC4CC4)c3C2)CCN(C(=O)OC(C)(C)C)C1. The van der Waals surface area contributed by atoms with E-state index in [1.807, 2.05) is 20.8 Å². The summed E-state index contributed by atoms with van der Waals surface area (Å²) in [7, 11) is 0. The molecule has 2 saturated carbocycles. The third kappa shape index (κ3) is 6.44. The van der Waals surface area contributed by atoms with Crippen molar-refractivity contribution in [3.05, 3.63) is 27.2 Å². The minimum atomic E-state index is -0.538. The molecule has 41 heavy (non-hydrogen) atoms. The topological polar surface area (TPSA) is 118 Å². The van der Waals surface area contributed by atoms with Crippen molar-refractivity contribution in [1.82, 2.24) is 25.0 Å². The predicted molar refractivity (Wildman–Crippen MR) is 156 cm³/mol. The highest BCUT2D eigenvalue weighted by Crippen LogP contribution is 2.41. The van der Waals surface area contributed by atoms with Gasteiger partial charge in [-0.3, -0.25) is 14.2 Å². The van der Waals surface area contributed by atoms with Crippen molar-refractivity contribution < 1.29 is 19.1 Å². The van der Waals surface area contributed by atoms with E-state index in [1.54, 1.807) is 22.6 Å². The number of anilines is 1. The van der Waals surface area contributed by atoms with Gasteiger partial charge in [-0.2, -0.15) is 0 Å². The lowest BCUT2D eigenvalue weighted by Crippen LogP contribution is -2.42. The number of hydrogen-bond acceptors (Lipinski definition) is 8. The van der Waals surface area contributed by atoms with Gasteiger partial charge in [-0.1, -0.05) is 0 Å². The maximum absolute atomic E-state index is 13.5. The van der Waals surface area contributed by atoms with E-state index in [2.05, 4.69) is 32.3 Å². The van der Waals surface area contributed by atoms with Crippen molar-refractivity contribution in [3.63, 3.8) is 0 Å². The van der Waals surface area contributed by atoms with Gasteiger partial charge in [-0.15, -0.1) is 21.5 Å². The van der Waals surface area contributed by atoms with Crippen molar-refractivity contribution >= 4 is 35.1 Å². The fraction of sp³-hybridized carbons (Fsp3) is 0.700. The summed E-state index contributed by atoms with van der Waals surface area (Å²) in [5.74, 6) is 1.68. The number of rotatable bonds is 9. The predicted octanol–water partition coefficient (Wildman–Crippen LogP) is 4.54. The molecule has 2 aromatic heterocycles. The van der Waals surface area contributed by atoms with Crippen LogP contribution in [0.2, 0.25) is 0 Å². The molecule has 1 unspecified atom stereocenters. The molecule has 2 N–H and O–H groups in total. The van der Waals surface area contributed by atoms with E-state index < -0.39 is 5.60 Å². The van der Waals surface area contributed by atoms with Crippen LogP contribution in [0.4, 0.5) is 10.7 Å². The molecule has 222 valence electrons. The molecule has 3 fully saturated rings. The Balaban J connectivity index is 1.18. The first-order valence-corrected chi connectivity index (χ1v) is 15.9. The normalized spacial score (nSPS) is 24.2. The molecule has 0 bridgehead atoms. The van der Waals surface area contributed by atoms with Gasteiger partial charge in [0, 0.05) is 47.8 Å². The average Bonchev–Trinajstić information content (AvgIpc) is 3.81. The molecule has 0 radical (unpaired) electrons. The average molecular weight is 583 g/mol. The molecule has 3 aliphatic carbocycles. The van der Waals surface area contributed by atoms with Gasteiger partial charge in [0.2, 0.25) is 5.95 Å². The Hall–Kier alpha value is -2.95. The van der Waals surface area contributed by atoms with Crippen molar-refractivity contribution in [2.45, 2.75) is 103 Å². The number of aryl methyl sites for hydroxylation is 1. The number of nitrogens with one attached hydrogen (secondary N) is 2. The van der Waals surface area contributed by atoms with Gasteiger partial charge in [0.1, 0.15) is 17.7 Å². The third-order valence-electron chi connectivity index (χ3n) is 8.66. The van der Waals surface area contributed by atoms with Gasteiger partial charge in [0.05, 0.1) is 11.1 Å². The van der Waals surface area contributed by atoms with Crippen LogP contribution < -0.4 is 10.6 Å². The standard InChI is InChI=1S/C30H42N6O4S/c1-29(2,3)40-28(39)35-12-11-30(4,16-35)33-27-34-32-17-36(27)20-9-10-23-21(13-20)25(26(38)31-15-18-5-6-18)24(41-23)14-22(37)19-7-8-19/h17-20H,5-16H2,1-4H3,(H,31,38)(H,33,34)/t20-,30?/m0/s1. The lowest BCUT2D eigenvalue weighted by atomic mass is 9.89. The Morgan fingerprint density at radius 3 is 2.66 bits per heavy atom. The summed E-state index contributed by atoms with van der Waals surface area (Å²) in [4.78, 5) is 42.8. The number of thiophene rings is 1. The number of likely N-dealkylation sites (tertiary alicyclic amines) is 1. The molecular weight excluding hydrogens is 540 g/mol. The van der Waals surface area contributed by atoms with Crippen LogP contribution in [0.5, 0.6) is 0 Å². The minimum absolute atomic E-state index is 0.0311. The van der Waals surface area contributed by atoms with Crippen molar-refractivity contribution in [1.29, 1.82) is 0 Å². The maximum Gasteiger partial charge on any atom is 0.410 e. The van der Waals surface area contributed by atoms with E-state index in [0.29, 0.717) is 44.3 Å². The van der Waals surface area contributed by atoms with E-state index in [-0.39, 0.29) is 35.3 Å². The number of carbonyl (C=O) groups is 3. The lowest BCUT2D eigenvalue weighted by Gasteiger charge is -2.30. The Morgan fingerprint density at radius 2 is 1.95 bits per heavy atom. The van der Waals surface area contributed by atoms with Crippen LogP contribution >= 0.6 is 11.3 Å². The minimum Gasteiger partial charge on any atom is -0.444 e. The smallest absolute Gasteiger partial charge is 0.410 e. The molecule has 10 nitrogen and oxygen atoms in total. The molecule has 2 aromatic rings. The van der Waals surface area contributed by atoms with Crippen LogP contribution in [0.15, 0.2) is 6.33 Å². The second kappa shape index (κ2) is 10.7. The number of fused-ring (bicyclic) bond motifs is 1. The first-order chi connectivity index (χ1) is 19.5. The molecule has 0 spiro atoms. The molecule has 1 aliphatic heterocycles. The molecule has 2 atom stereocenters. The Labute approximate surface area is 245 Å². The Morgan fingerprint density at radius 1 is 1.17 bits per heavy atom. The van der Waals surface area contributed by atoms with Crippen molar-refractivity contribution in [3.8, 4) is 0 Å². The summed E-state index contributed by atoms with van der Waals surface area (Å²) in [6.45, 7) is 9.55. The fourth-order valence-corrected chi connectivity index (χ4v) is 7.38. The summed E-state index contributed by atoms with van der Waals surface area (Å²) in [5, 5.41) is 15.4. The zero-order chi connectivity index (χ0) is 28.9. The monoisotopic (exact) mass is 582 g/mol. The van der Waals surface area contributed by atoms with Crippen LogP contribution in [0, 0.1) is 11.8 Å². The Kier molecular flexibility index (Phi) is 7.36. The zero-order valence-corrected chi connectivity index (χ0v) is 25.4. The lowest BCUT2D eigenvalue weighted by molar-refractivity contribution is -0.119. The summed E-state index contributed by atoms with van der Waals surface area (Å²) in [5.41, 5.74) is 0.918. The number of aromatic nitrogens is 3. The van der Waals surface area contributed by atoms with Gasteiger partial charge in [-0.05, 0) is 90.5 Å². The summed E-state index contributed by atoms with van der Waals surface area (Å²) < 4.78 is 7.67. The van der Waals surface area contributed by atoms with E-state index in [9.17, 15) is 14.4 Å². The van der Waals surface area contributed by atoms with Crippen LogP contribution in [0.1, 0.15) is 97.9 Å². The number of Topliss-reactive ketones (excluding diaryl/α,β-unsaturated/α-hetero) is 1. The molecule has 6 rings (SSSR count). The highest BCUT2D eigenvalue weighted by Gasteiger charge is 2.40. The zero-order valence-electron chi connectivity index (χ0n) is 24.6. The number of carbonyl (C=O) groups excluding carboxylic acids is 3. The molecule has 0 aromatic carbocycles.